The van der Waals surface area contributed by atoms with Gasteiger partial charge in [-0.15, -0.1) is 5.11 Å². The fourth-order valence-electron chi connectivity index (χ4n) is 4.68. The first kappa shape index (κ1) is 35.7. The Kier molecular flexibility index (Phi) is 14.6. The Labute approximate surface area is 270 Å². The van der Waals surface area contributed by atoms with Gasteiger partial charge in [0.25, 0.3) is 11.8 Å². The molecule has 0 spiro atoms. The average molecular weight is 633 g/mol. The van der Waals surface area contributed by atoms with E-state index in [1.807, 2.05) is 52.0 Å². The highest BCUT2D eigenvalue weighted by atomic mass is 16.5. The van der Waals surface area contributed by atoms with Crippen LogP contribution in [0.1, 0.15) is 86.1 Å². The molecule has 0 bridgehead atoms. The lowest BCUT2D eigenvalue weighted by Crippen LogP contribution is -2.42. The molecule has 1 N–H and O–H groups in total. The number of carboxylic acids is 1. The molecule has 0 radical (unpaired) electrons. The summed E-state index contributed by atoms with van der Waals surface area (Å²) in [6.45, 7) is 9.40. The number of hydrogen-bond acceptors (Lipinski definition) is 8. The van der Waals surface area contributed by atoms with Crippen LogP contribution in [-0.2, 0) is 11.3 Å². The Morgan fingerprint density at radius 1 is 0.826 bits per heavy atom. The number of carboxylic acid groups (broad SMARTS) is 1. The van der Waals surface area contributed by atoms with E-state index in [1.54, 1.807) is 41.4 Å². The second-order valence-corrected chi connectivity index (χ2v) is 11.3. The van der Waals surface area contributed by atoms with Gasteiger partial charge in [-0.3, -0.25) is 19.4 Å². The number of rotatable bonds is 19. The normalized spacial score (nSPS) is 11.2. The molecule has 2 aromatic carbocycles. The fraction of sp³-hybridized carbons (Fsp3) is 0.429. The molecule has 246 valence electrons. The van der Waals surface area contributed by atoms with Crippen LogP contribution in [0.4, 0.5) is 0 Å². The number of carbonyl (C=O) groups is 3. The number of unbranched alkanes of at least 4 members (excludes halogenated alkanes) is 2. The van der Waals surface area contributed by atoms with Gasteiger partial charge < -0.3 is 24.2 Å². The lowest BCUT2D eigenvalue weighted by molar-refractivity contribution is -0.137. The molecule has 1 aromatic heterocycles. The minimum Gasteiger partial charge on any atom is -0.494 e. The SMILES string of the molecule is CC(C)N(C(=O)c1ccc(OCCCCCOc2ccc(CN=NC(=O)c3cccnc3)cc2)cc1OCCCC(=O)O)C(C)C. The number of amides is 2. The zero-order valence-corrected chi connectivity index (χ0v) is 27.1. The lowest BCUT2D eigenvalue weighted by Gasteiger charge is -2.31. The van der Waals surface area contributed by atoms with Crippen LogP contribution in [0.5, 0.6) is 17.2 Å². The van der Waals surface area contributed by atoms with Gasteiger partial charge in [-0.05, 0) is 95.3 Å². The third-order valence-corrected chi connectivity index (χ3v) is 6.90. The monoisotopic (exact) mass is 632 g/mol. The van der Waals surface area contributed by atoms with E-state index in [0.717, 1.165) is 30.6 Å². The molecule has 3 aromatic rings. The number of azo groups is 1. The summed E-state index contributed by atoms with van der Waals surface area (Å²) < 4.78 is 17.7. The van der Waals surface area contributed by atoms with Crippen molar-refractivity contribution < 1.29 is 33.7 Å². The number of hydrogen-bond donors (Lipinski definition) is 1. The van der Waals surface area contributed by atoms with Crippen LogP contribution >= 0.6 is 0 Å². The topological polar surface area (TPSA) is 140 Å². The summed E-state index contributed by atoms with van der Waals surface area (Å²) in [6.07, 6.45) is 5.94. The largest absolute Gasteiger partial charge is 0.494 e. The highest BCUT2D eigenvalue weighted by molar-refractivity contribution is 5.97. The molecule has 11 heteroatoms. The maximum atomic E-state index is 13.4. The first-order chi connectivity index (χ1) is 22.2. The van der Waals surface area contributed by atoms with Crippen LogP contribution in [0, 0.1) is 0 Å². The third-order valence-electron chi connectivity index (χ3n) is 6.90. The number of ether oxygens (including phenoxy) is 3. The molecule has 1 heterocycles. The van der Waals surface area contributed by atoms with E-state index in [4.69, 9.17) is 19.3 Å². The van der Waals surface area contributed by atoms with Gasteiger partial charge in [0.2, 0.25) is 0 Å². The maximum Gasteiger partial charge on any atom is 0.303 e. The Morgan fingerprint density at radius 3 is 2.11 bits per heavy atom. The number of pyridine rings is 1. The van der Waals surface area contributed by atoms with Gasteiger partial charge in [0.05, 0.1) is 37.5 Å². The quantitative estimate of drug-likeness (QED) is 0.110. The minimum absolute atomic E-state index is 0.00518. The predicted octanol–water partition coefficient (Wildman–Crippen LogP) is 7.00. The Morgan fingerprint density at radius 2 is 1.48 bits per heavy atom. The molecular formula is C35H44N4O7. The molecule has 46 heavy (non-hydrogen) atoms. The highest BCUT2D eigenvalue weighted by Crippen LogP contribution is 2.28. The van der Waals surface area contributed by atoms with Crippen LogP contribution < -0.4 is 14.2 Å². The van der Waals surface area contributed by atoms with Crippen molar-refractivity contribution in [3.8, 4) is 17.2 Å². The van der Waals surface area contributed by atoms with E-state index in [1.165, 1.54) is 6.20 Å². The van der Waals surface area contributed by atoms with E-state index in [-0.39, 0.29) is 37.6 Å². The molecule has 0 unspecified atom stereocenters. The first-order valence-corrected chi connectivity index (χ1v) is 15.6. The van der Waals surface area contributed by atoms with Crippen molar-refractivity contribution in [3.63, 3.8) is 0 Å². The van der Waals surface area contributed by atoms with E-state index in [0.29, 0.717) is 42.3 Å². The summed E-state index contributed by atoms with van der Waals surface area (Å²) >= 11 is 0. The van der Waals surface area contributed by atoms with Gasteiger partial charge in [0.15, 0.2) is 0 Å². The second-order valence-electron chi connectivity index (χ2n) is 11.3. The summed E-state index contributed by atoms with van der Waals surface area (Å²) in [5, 5.41) is 16.7. The summed E-state index contributed by atoms with van der Waals surface area (Å²) in [5.41, 5.74) is 1.74. The first-order valence-electron chi connectivity index (χ1n) is 15.6. The Hall–Kier alpha value is -4.80. The number of benzene rings is 2. The zero-order chi connectivity index (χ0) is 33.3. The number of nitrogens with zero attached hydrogens (tertiary/aromatic N) is 4. The van der Waals surface area contributed by atoms with E-state index >= 15 is 0 Å². The summed E-state index contributed by atoms with van der Waals surface area (Å²) in [4.78, 5) is 41.9. The van der Waals surface area contributed by atoms with Crippen molar-refractivity contribution in [1.82, 2.24) is 9.88 Å². The highest BCUT2D eigenvalue weighted by Gasteiger charge is 2.25. The average Bonchev–Trinajstić information content (AvgIpc) is 3.03. The van der Waals surface area contributed by atoms with Gasteiger partial charge >= 0.3 is 5.97 Å². The number of aromatic nitrogens is 1. The van der Waals surface area contributed by atoms with Crippen molar-refractivity contribution in [2.45, 2.75) is 78.4 Å². The third kappa shape index (κ3) is 11.9. The van der Waals surface area contributed by atoms with Gasteiger partial charge in [-0.2, -0.15) is 5.11 Å². The van der Waals surface area contributed by atoms with Gasteiger partial charge in [0, 0.05) is 37.0 Å². The summed E-state index contributed by atoms with van der Waals surface area (Å²) in [7, 11) is 0. The van der Waals surface area contributed by atoms with Gasteiger partial charge in [0.1, 0.15) is 17.2 Å². The van der Waals surface area contributed by atoms with Gasteiger partial charge in [-0.1, -0.05) is 12.1 Å². The Bertz CT molecular complexity index is 1420. The van der Waals surface area contributed by atoms with Crippen LogP contribution in [-0.4, -0.2) is 64.7 Å². The van der Waals surface area contributed by atoms with Gasteiger partial charge in [-0.25, -0.2) is 0 Å². The minimum atomic E-state index is -0.891. The molecule has 2 amide bonds. The Balaban J connectivity index is 1.41. The maximum absolute atomic E-state index is 13.4. The smallest absolute Gasteiger partial charge is 0.303 e. The van der Waals surface area contributed by atoms with Crippen molar-refractivity contribution >= 4 is 17.8 Å². The summed E-state index contributed by atoms with van der Waals surface area (Å²) in [5.74, 6) is 0.271. The molecule has 0 aliphatic heterocycles. The summed E-state index contributed by atoms with van der Waals surface area (Å²) in [6, 6.07) is 16.0. The molecule has 0 saturated carbocycles. The molecule has 11 nitrogen and oxygen atoms in total. The van der Waals surface area contributed by atoms with Crippen molar-refractivity contribution in [3.05, 3.63) is 83.7 Å². The van der Waals surface area contributed by atoms with Crippen LogP contribution in [0.25, 0.3) is 0 Å². The molecule has 0 fully saturated rings. The molecule has 3 rings (SSSR count). The lowest BCUT2D eigenvalue weighted by atomic mass is 10.1. The zero-order valence-electron chi connectivity index (χ0n) is 27.1. The molecule has 0 aliphatic rings. The molecular weight excluding hydrogens is 588 g/mol. The fourth-order valence-corrected chi connectivity index (χ4v) is 4.68. The molecule has 0 atom stereocenters. The van der Waals surface area contributed by atoms with Crippen LogP contribution in [0.2, 0.25) is 0 Å². The van der Waals surface area contributed by atoms with Crippen LogP contribution in [0.15, 0.2) is 77.2 Å². The van der Waals surface area contributed by atoms with E-state index < -0.39 is 11.9 Å². The van der Waals surface area contributed by atoms with E-state index in [9.17, 15) is 14.4 Å². The second kappa shape index (κ2) is 18.9. The number of aliphatic carboxylic acids is 1. The van der Waals surface area contributed by atoms with Crippen molar-refractivity contribution in [1.29, 1.82) is 0 Å². The number of carbonyl (C=O) groups excluding carboxylic acids is 2. The standard InChI is InChI=1S/C35H44N4O7/c1-25(2)39(26(3)4)35(43)31-17-16-30(22-32(31)46-21-9-11-33(40)41)45-20-7-5-6-19-44-29-14-12-27(13-15-29)23-37-38-34(42)28-10-8-18-36-24-28/h8,10,12-18,22,24-26H,5-7,9,11,19-21,23H2,1-4H3,(H,40,41). The molecule has 0 saturated heterocycles. The molecule has 0 aliphatic carbocycles. The predicted molar refractivity (Wildman–Crippen MR) is 174 cm³/mol. The van der Waals surface area contributed by atoms with Crippen molar-refractivity contribution in [2.75, 3.05) is 19.8 Å². The van der Waals surface area contributed by atoms with Crippen molar-refractivity contribution in [2.24, 2.45) is 10.2 Å². The van der Waals surface area contributed by atoms with Crippen LogP contribution in [0.3, 0.4) is 0 Å². The van der Waals surface area contributed by atoms with E-state index in [2.05, 4.69) is 15.2 Å².